The van der Waals surface area contributed by atoms with Gasteiger partial charge in [-0.3, -0.25) is 4.98 Å². The van der Waals surface area contributed by atoms with Gasteiger partial charge in [-0.05, 0) is 19.5 Å². The molecule has 1 aromatic heterocycles. The number of nitrogens with one attached hydrogen (secondary N) is 1. The van der Waals surface area contributed by atoms with Crippen LogP contribution in [0, 0.1) is 5.41 Å². The SMILES string of the molecule is COC(=O)c1cncc(NCC(C)(C)CN(C)C)n1. The van der Waals surface area contributed by atoms with Gasteiger partial charge in [-0.15, -0.1) is 0 Å². The van der Waals surface area contributed by atoms with E-state index in [4.69, 9.17) is 0 Å². The van der Waals surface area contributed by atoms with Crippen LogP contribution in [0.4, 0.5) is 5.82 Å². The molecular weight excluding hydrogens is 244 g/mol. The quantitative estimate of drug-likeness (QED) is 0.782. The van der Waals surface area contributed by atoms with Crippen LogP contribution >= 0.6 is 0 Å². The zero-order chi connectivity index (χ0) is 14.5. The lowest BCUT2D eigenvalue weighted by atomic mass is 9.93. The third-order valence-corrected chi connectivity index (χ3v) is 2.52. The molecule has 0 atom stereocenters. The Balaban J connectivity index is 2.65. The standard InChI is InChI=1S/C13H22N4O2/c1-13(2,9-17(3)4)8-15-11-7-14-6-10(16-11)12(18)19-5/h6-7H,8-9H2,1-5H3,(H,15,16). The van der Waals surface area contributed by atoms with Crippen molar-refractivity contribution in [2.24, 2.45) is 5.41 Å². The summed E-state index contributed by atoms with van der Waals surface area (Å²) in [5, 5.41) is 3.20. The largest absolute Gasteiger partial charge is 0.464 e. The lowest BCUT2D eigenvalue weighted by molar-refractivity contribution is 0.0593. The second-order valence-corrected chi connectivity index (χ2v) is 5.54. The van der Waals surface area contributed by atoms with Crippen molar-refractivity contribution in [2.75, 3.05) is 39.6 Å². The van der Waals surface area contributed by atoms with Crippen LogP contribution in [0.3, 0.4) is 0 Å². The van der Waals surface area contributed by atoms with E-state index < -0.39 is 5.97 Å². The molecule has 0 radical (unpaired) electrons. The minimum absolute atomic E-state index is 0.0897. The highest BCUT2D eigenvalue weighted by atomic mass is 16.5. The van der Waals surface area contributed by atoms with Crippen LogP contribution in [0.25, 0.3) is 0 Å². The molecule has 6 nitrogen and oxygen atoms in total. The summed E-state index contributed by atoms with van der Waals surface area (Å²) in [6.07, 6.45) is 2.99. The van der Waals surface area contributed by atoms with Crippen molar-refractivity contribution in [1.29, 1.82) is 0 Å². The highest BCUT2D eigenvalue weighted by molar-refractivity contribution is 5.87. The smallest absolute Gasteiger partial charge is 0.358 e. The summed E-state index contributed by atoms with van der Waals surface area (Å²) in [6, 6.07) is 0. The Morgan fingerprint density at radius 3 is 2.68 bits per heavy atom. The summed E-state index contributed by atoms with van der Waals surface area (Å²) in [7, 11) is 5.41. The summed E-state index contributed by atoms with van der Waals surface area (Å²) < 4.78 is 4.61. The Hall–Kier alpha value is -1.69. The Labute approximate surface area is 114 Å². The minimum atomic E-state index is -0.483. The number of esters is 1. The van der Waals surface area contributed by atoms with Gasteiger partial charge in [0, 0.05) is 13.1 Å². The average Bonchev–Trinajstić information content (AvgIpc) is 2.34. The van der Waals surface area contributed by atoms with E-state index in [-0.39, 0.29) is 11.1 Å². The van der Waals surface area contributed by atoms with Gasteiger partial charge in [-0.1, -0.05) is 13.8 Å². The second kappa shape index (κ2) is 6.47. The third kappa shape index (κ3) is 5.21. The first-order valence-corrected chi connectivity index (χ1v) is 6.13. The highest BCUT2D eigenvalue weighted by Gasteiger charge is 2.19. The number of nitrogens with zero attached hydrogens (tertiary/aromatic N) is 3. The fraction of sp³-hybridized carbons (Fsp3) is 0.615. The molecule has 106 valence electrons. The number of carbonyl (C=O) groups excluding carboxylic acids is 1. The average molecular weight is 266 g/mol. The summed E-state index contributed by atoms with van der Waals surface area (Å²) in [6.45, 7) is 6.02. The van der Waals surface area contributed by atoms with Crippen LogP contribution in [0.15, 0.2) is 12.4 Å². The predicted octanol–water partition coefficient (Wildman–Crippen LogP) is 1.26. The third-order valence-electron chi connectivity index (χ3n) is 2.52. The van der Waals surface area contributed by atoms with E-state index >= 15 is 0 Å². The number of anilines is 1. The maximum absolute atomic E-state index is 11.4. The molecule has 0 saturated heterocycles. The lowest BCUT2D eigenvalue weighted by Crippen LogP contribution is -2.34. The summed E-state index contributed by atoms with van der Waals surface area (Å²) in [5.41, 5.74) is 0.296. The number of hydrogen-bond donors (Lipinski definition) is 1. The Bertz CT molecular complexity index is 432. The van der Waals surface area contributed by atoms with Gasteiger partial charge in [0.15, 0.2) is 5.69 Å². The molecule has 0 saturated carbocycles. The van der Waals surface area contributed by atoms with Gasteiger partial charge in [0.2, 0.25) is 0 Å². The monoisotopic (exact) mass is 266 g/mol. The molecule has 1 rings (SSSR count). The van der Waals surface area contributed by atoms with Crippen molar-refractivity contribution in [3.63, 3.8) is 0 Å². The molecule has 0 amide bonds. The van der Waals surface area contributed by atoms with Crippen molar-refractivity contribution < 1.29 is 9.53 Å². The molecule has 0 fully saturated rings. The van der Waals surface area contributed by atoms with Gasteiger partial charge < -0.3 is 15.0 Å². The van der Waals surface area contributed by atoms with Crippen LogP contribution in [0.1, 0.15) is 24.3 Å². The minimum Gasteiger partial charge on any atom is -0.464 e. The van der Waals surface area contributed by atoms with Crippen LogP contribution in [0.5, 0.6) is 0 Å². The first-order chi connectivity index (χ1) is 8.84. The predicted molar refractivity (Wildman–Crippen MR) is 74.2 cm³/mol. The number of carbonyl (C=O) groups is 1. The molecule has 0 aliphatic rings. The van der Waals surface area contributed by atoms with Crippen molar-refractivity contribution in [1.82, 2.24) is 14.9 Å². The van der Waals surface area contributed by atoms with E-state index in [1.54, 1.807) is 6.20 Å². The molecule has 0 spiro atoms. The van der Waals surface area contributed by atoms with Crippen molar-refractivity contribution in [3.05, 3.63) is 18.1 Å². The number of rotatable bonds is 6. The first-order valence-electron chi connectivity index (χ1n) is 6.13. The van der Waals surface area contributed by atoms with Gasteiger partial charge in [0.25, 0.3) is 0 Å². The van der Waals surface area contributed by atoms with Gasteiger partial charge in [-0.2, -0.15) is 0 Å². The topological polar surface area (TPSA) is 67.3 Å². The first kappa shape index (κ1) is 15.4. The van der Waals surface area contributed by atoms with Gasteiger partial charge in [-0.25, -0.2) is 9.78 Å². The van der Waals surface area contributed by atoms with Crippen LogP contribution in [-0.2, 0) is 4.74 Å². The van der Waals surface area contributed by atoms with E-state index in [0.29, 0.717) is 5.82 Å². The van der Waals surface area contributed by atoms with Gasteiger partial charge >= 0.3 is 5.97 Å². The molecule has 6 heteroatoms. The summed E-state index contributed by atoms with van der Waals surface area (Å²) in [4.78, 5) is 21.6. The van der Waals surface area contributed by atoms with Gasteiger partial charge in [0.05, 0.1) is 19.5 Å². The maximum atomic E-state index is 11.4. The molecule has 0 aromatic carbocycles. The van der Waals surface area contributed by atoms with E-state index in [9.17, 15) is 4.79 Å². The number of methoxy groups -OCH3 is 1. The summed E-state index contributed by atoms with van der Waals surface area (Å²) in [5.74, 6) is 0.0958. The van der Waals surface area contributed by atoms with Gasteiger partial charge in [0.1, 0.15) is 5.82 Å². The van der Waals surface area contributed by atoms with Crippen LogP contribution < -0.4 is 5.32 Å². The molecule has 1 N–H and O–H groups in total. The van der Waals surface area contributed by atoms with Crippen molar-refractivity contribution in [2.45, 2.75) is 13.8 Å². The molecule has 0 aliphatic carbocycles. The fourth-order valence-corrected chi connectivity index (χ4v) is 1.90. The molecule has 19 heavy (non-hydrogen) atoms. The highest BCUT2D eigenvalue weighted by Crippen LogP contribution is 2.16. The molecule has 1 aromatic rings. The Kier molecular flexibility index (Phi) is 5.23. The van der Waals surface area contributed by atoms with Crippen molar-refractivity contribution >= 4 is 11.8 Å². The lowest BCUT2D eigenvalue weighted by Gasteiger charge is -2.28. The van der Waals surface area contributed by atoms with Crippen LogP contribution in [-0.4, -0.2) is 55.1 Å². The Morgan fingerprint density at radius 1 is 1.42 bits per heavy atom. The second-order valence-electron chi connectivity index (χ2n) is 5.54. The number of ether oxygens (including phenoxy) is 1. The number of hydrogen-bond acceptors (Lipinski definition) is 6. The van der Waals surface area contributed by atoms with E-state index in [2.05, 4.69) is 38.8 Å². The maximum Gasteiger partial charge on any atom is 0.358 e. The van der Waals surface area contributed by atoms with E-state index in [0.717, 1.165) is 13.1 Å². The van der Waals surface area contributed by atoms with Crippen LogP contribution in [0.2, 0.25) is 0 Å². The summed E-state index contributed by atoms with van der Waals surface area (Å²) >= 11 is 0. The molecule has 1 heterocycles. The zero-order valence-corrected chi connectivity index (χ0v) is 12.2. The molecular formula is C13H22N4O2. The molecule has 0 bridgehead atoms. The van der Waals surface area contributed by atoms with E-state index in [1.165, 1.54) is 13.3 Å². The number of aromatic nitrogens is 2. The van der Waals surface area contributed by atoms with E-state index in [1.807, 2.05) is 14.1 Å². The molecule has 0 aliphatic heterocycles. The Morgan fingerprint density at radius 2 is 2.11 bits per heavy atom. The normalized spacial score (nSPS) is 11.5. The molecule has 0 unspecified atom stereocenters. The fourth-order valence-electron chi connectivity index (χ4n) is 1.90. The van der Waals surface area contributed by atoms with Crippen molar-refractivity contribution in [3.8, 4) is 0 Å². The zero-order valence-electron chi connectivity index (χ0n) is 12.2.